The van der Waals surface area contributed by atoms with Gasteiger partial charge in [0.15, 0.2) is 11.2 Å². The molecule has 1 aliphatic carbocycles. The summed E-state index contributed by atoms with van der Waals surface area (Å²) in [5.41, 5.74) is -0.530. The fourth-order valence-corrected chi connectivity index (χ4v) is 5.07. The molecule has 1 unspecified atom stereocenters. The second-order valence-corrected chi connectivity index (χ2v) is 8.06. The Morgan fingerprint density at radius 2 is 1.83 bits per heavy atom. The zero-order valence-corrected chi connectivity index (χ0v) is 16.1. The van der Waals surface area contributed by atoms with Gasteiger partial charge in [-0.3, -0.25) is 4.98 Å². The Labute approximate surface area is 171 Å². The molecular weight excluding hydrogens is 396 g/mol. The Morgan fingerprint density at radius 1 is 1.10 bits per heavy atom. The molecule has 148 valence electrons. The fraction of sp³-hybridized carbons (Fsp3) is 0.261. The van der Waals surface area contributed by atoms with E-state index in [0.29, 0.717) is 34.9 Å². The van der Waals surface area contributed by atoms with E-state index >= 15 is 0 Å². The van der Waals surface area contributed by atoms with Crippen molar-refractivity contribution in [3.63, 3.8) is 0 Å². The lowest BCUT2D eigenvalue weighted by atomic mass is 9.72. The van der Waals surface area contributed by atoms with E-state index in [9.17, 15) is 13.9 Å². The van der Waals surface area contributed by atoms with E-state index in [-0.39, 0.29) is 11.5 Å². The van der Waals surface area contributed by atoms with E-state index in [1.165, 1.54) is 18.3 Å². The average Bonchev–Trinajstić information content (AvgIpc) is 3.15. The van der Waals surface area contributed by atoms with Crippen LogP contribution in [0.4, 0.5) is 8.78 Å². The van der Waals surface area contributed by atoms with Crippen LogP contribution in [0, 0.1) is 0 Å². The summed E-state index contributed by atoms with van der Waals surface area (Å²) >= 11 is 6.12. The Balaban J connectivity index is 1.73. The zero-order chi connectivity index (χ0) is 20.2. The molecule has 3 aromatic rings. The minimum atomic E-state index is -2.56. The number of aromatic nitrogens is 1. The molecule has 0 radical (unpaired) electrons. The minimum Gasteiger partial charge on any atom is -0.476 e. The number of alkyl halides is 2. The molecule has 3 nitrogen and oxygen atoms in total. The van der Waals surface area contributed by atoms with Gasteiger partial charge in [-0.15, -0.1) is 0 Å². The summed E-state index contributed by atoms with van der Waals surface area (Å²) in [6.45, 7) is 0. The first kappa shape index (κ1) is 18.5. The fourth-order valence-electron chi connectivity index (χ4n) is 4.92. The van der Waals surface area contributed by atoms with Crippen LogP contribution in [0.2, 0.25) is 5.02 Å². The summed E-state index contributed by atoms with van der Waals surface area (Å²) < 4.78 is 32.7. The summed E-state index contributed by atoms with van der Waals surface area (Å²) in [6.07, 6.45) is 0.0372. The van der Waals surface area contributed by atoms with Gasteiger partial charge in [0.25, 0.3) is 6.43 Å². The molecule has 1 saturated carbocycles. The standard InChI is InChI=1S/C23H18ClF2NO2/c24-17-12-19-20(27-13-17)22(28)11-10-18(14-4-2-1-3-5-14)23(22,29-19)16-8-6-15(7-9-16)21(25)26/h1-9,12-13,18,21,28H,10-11H2/t18-,22?,23-/m0/s1. The summed E-state index contributed by atoms with van der Waals surface area (Å²) in [5.74, 6) is 0.248. The lowest BCUT2D eigenvalue weighted by Gasteiger charge is -2.40. The quantitative estimate of drug-likeness (QED) is 0.596. The number of halogens is 3. The van der Waals surface area contributed by atoms with Gasteiger partial charge < -0.3 is 9.84 Å². The first-order valence-corrected chi connectivity index (χ1v) is 9.84. The molecule has 1 fully saturated rings. The van der Waals surface area contributed by atoms with Gasteiger partial charge in [-0.2, -0.15) is 0 Å². The van der Waals surface area contributed by atoms with E-state index in [1.54, 1.807) is 18.2 Å². The van der Waals surface area contributed by atoms with Crippen LogP contribution in [0.15, 0.2) is 66.9 Å². The van der Waals surface area contributed by atoms with E-state index in [0.717, 1.165) is 5.56 Å². The van der Waals surface area contributed by atoms with Crippen molar-refractivity contribution in [3.8, 4) is 5.75 Å². The lowest BCUT2D eigenvalue weighted by molar-refractivity contribution is -0.107. The maximum atomic E-state index is 13.1. The van der Waals surface area contributed by atoms with Crippen LogP contribution in [0.5, 0.6) is 5.75 Å². The SMILES string of the molecule is OC12CC[C@@H](c3ccccc3)[C@]1(c1ccc(C(F)F)cc1)Oc1cc(Cl)cnc12. The third-order valence-corrected chi connectivity index (χ3v) is 6.38. The first-order chi connectivity index (χ1) is 14.0. The van der Waals surface area contributed by atoms with Gasteiger partial charge >= 0.3 is 0 Å². The van der Waals surface area contributed by atoms with Gasteiger partial charge in [0.1, 0.15) is 11.4 Å². The Kier molecular flexibility index (Phi) is 4.16. The van der Waals surface area contributed by atoms with Crippen molar-refractivity contribution in [1.29, 1.82) is 0 Å². The molecule has 6 heteroatoms. The molecule has 0 bridgehead atoms. The lowest BCUT2D eigenvalue weighted by Crippen LogP contribution is -2.48. The summed E-state index contributed by atoms with van der Waals surface area (Å²) in [5, 5.41) is 12.3. The van der Waals surface area contributed by atoms with Crippen molar-refractivity contribution < 1.29 is 18.6 Å². The highest BCUT2D eigenvalue weighted by molar-refractivity contribution is 6.30. The van der Waals surface area contributed by atoms with E-state index < -0.39 is 17.6 Å². The van der Waals surface area contributed by atoms with Crippen LogP contribution in [-0.4, -0.2) is 10.1 Å². The van der Waals surface area contributed by atoms with Crippen LogP contribution < -0.4 is 4.74 Å². The van der Waals surface area contributed by atoms with Crippen molar-refractivity contribution in [1.82, 2.24) is 4.98 Å². The number of pyridine rings is 1. The second-order valence-electron chi connectivity index (χ2n) is 7.62. The maximum absolute atomic E-state index is 13.1. The number of ether oxygens (including phenoxy) is 1. The molecule has 2 heterocycles. The van der Waals surface area contributed by atoms with Crippen LogP contribution >= 0.6 is 11.6 Å². The number of rotatable bonds is 3. The van der Waals surface area contributed by atoms with Gasteiger partial charge in [0.05, 0.1) is 5.02 Å². The Bertz CT molecular complexity index is 1060. The molecule has 1 N–H and O–H groups in total. The number of nitrogens with zero attached hydrogens (tertiary/aromatic N) is 1. The minimum absolute atomic E-state index is 0.0698. The predicted molar refractivity (Wildman–Crippen MR) is 105 cm³/mol. The number of fused-ring (bicyclic) bond motifs is 3. The van der Waals surface area contributed by atoms with Gasteiger partial charge in [0.2, 0.25) is 0 Å². The Morgan fingerprint density at radius 3 is 2.52 bits per heavy atom. The highest BCUT2D eigenvalue weighted by Gasteiger charge is 2.69. The number of hydrogen-bond donors (Lipinski definition) is 1. The monoisotopic (exact) mass is 413 g/mol. The molecule has 29 heavy (non-hydrogen) atoms. The smallest absolute Gasteiger partial charge is 0.263 e. The normalized spacial score (nSPS) is 27.6. The largest absolute Gasteiger partial charge is 0.476 e. The molecule has 1 aromatic heterocycles. The summed E-state index contributed by atoms with van der Waals surface area (Å²) in [7, 11) is 0. The molecule has 5 rings (SSSR count). The van der Waals surface area contributed by atoms with E-state index in [4.69, 9.17) is 16.3 Å². The van der Waals surface area contributed by atoms with Gasteiger partial charge in [-0.1, -0.05) is 66.2 Å². The summed E-state index contributed by atoms with van der Waals surface area (Å²) in [6, 6.07) is 17.5. The topological polar surface area (TPSA) is 42.4 Å². The summed E-state index contributed by atoms with van der Waals surface area (Å²) in [4.78, 5) is 4.39. The van der Waals surface area contributed by atoms with E-state index in [1.807, 2.05) is 30.3 Å². The van der Waals surface area contributed by atoms with Crippen LogP contribution in [0.1, 0.15) is 47.6 Å². The first-order valence-electron chi connectivity index (χ1n) is 9.46. The molecular formula is C23H18ClF2NO2. The van der Waals surface area contributed by atoms with Crippen LogP contribution in [0.3, 0.4) is 0 Å². The molecule has 3 atom stereocenters. The second kappa shape index (κ2) is 6.51. The number of benzene rings is 2. The van der Waals surface area contributed by atoms with Gasteiger partial charge in [-0.25, -0.2) is 8.78 Å². The van der Waals surface area contributed by atoms with E-state index in [2.05, 4.69) is 4.98 Å². The van der Waals surface area contributed by atoms with Crippen molar-refractivity contribution in [2.45, 2.75) is 36.4 Å². The Hall–Kier alpha value is -2.50. The van der Waals surface area contributed by atoms with Crippen LogP contribution in [-0.2, 0) is 11.2 Å². The predicted octanol–water partition coefficient (Wildman–Crippen LogP) is 5.73. The van der Waals surface area contributed by atoms with Gasteiger partial charge in [0, 0.05) is 23.7 Å². The van der Waals surface area contributed by atoms with Crippen molar-refractivity contribution in [3.05, 3.63) is 94.3 Å². The molecule has 0 amide bonds. The third-order valence-electron chi connectivity index (χ3n) is 6.18. The molecule has 1 aliphatic heterocycles. The molecule has 2 aromatic carbocycles. The average molecular weight is 414 g/mol. The highest BCUT2D eigenvalue weighted by Crippen LogP contribution is 2.66. The maximum Gasteiger partial charge on any atom is 0.263 e. The van der Waals surface area contributed by atoms with Crippen molar-refractivity contribution in [2.75, 3.05) is 0 Å². The number of aliphatic hydroxyl groups is 1. The van der Waals surface area contributed by atoms with Crippen molar-refractivity contribution in [2.24, 2.45) is 0 Å². The van der Waals surface area contributed by atoms with Crippen molar-refractivity contribution >= 4 is 11.6 Å². The van der Waals surface area contributed by atoms with Gasteiger partial charge in [-0.05, 0) is 24.0 Å². The molecule has 0 saturated heterocycles. The van der Waals surface area contributed by atoms with Crippen LogP contribution in [0.25, 0.3) is 0 Å². The highest BCUT2D eigenvalue weighted by atomic mass is 35.5. The molecule has 0 spiro atoms. The third kappa shape index (κ3) is 2.54. The molecule has 2 aliphatic rings. The number of hydrogen-bond acceptors (Lipinski definition) is 3. The zero-order valence-electron chi connectivity index (χ0n) is 15.4.